The van der Waals surface area contributed by atoms with Gasteiger partial charge in [0.05, 0.1) is 19.3 Å². The molecule has 0 bridgehead atoms. The number of methoxy groups -OCH3 is 1. The van der Waals surface area contributed by atoms with Gasteiger partial charge in [-0.2, -0.15) is 4.98 Å². The fourth-order valence-electron chi connectivity index (χ4n) is 2.32. The molecule has 0 aliphatic carbocycles. The van der Waals surface area contributed by atoms with E-state index < -0.39 is 0 Å². The minimum atomic E-state index is 0.563. The number of rotatable bonds is 2. The number of nitrogens with two attached hydrogens (primary N) is 1. The Morgan fingerprint density at radius 1 is 1.25 bits per heavy atom. The summed E-state index contributed by atoms with van der Waals surface area (Å²) in [5.74, 6) is 2.23. The highest BCUT2D eigenvalue weighted by molar-refractivity contribution is 5.64. The van der Waals surface area contributed by atoms with E-state index in [0.717, 1.165) is 30.2 Å². The molecule has 3 rings (SSSR count). The molecule has 1 aromatic heterocycles. The number of ether oxygens (including phenoxy) is 2. The number of fused-ring (bicyclic) bond motifs is 1. The Balaban J connectivity index is 1.95. The molecule has 5 heteroatoms. The van der Waals surface area contributed by atoms with Crippen molar-refractivity contribution in [1.29, 1.82) is 0 Å². The molecule has 0 radical (unpaired) electrons. The number of pyridine rings is 1. The van der Waals surface area contributed by atoms with Crippen LogP contribution < -0.4 is 20.1 Å². The zero-order valence-electron chi connectivity index (χ0n) is 11.4. The van der Waals surface area contributed by atoms with Crippen molar-refractivity contribution in [2.75, 3.05) is 30.9 Å². The molecule has 20 heavy (non-hydrogen) atoms. The SMILES string of the molecule is COc1ccc(N)c(N2CCOc3ccccc3C2)n1. The van der Waals surface area contributed by atoms with Gasteiger partial charge in [-0.3, -0.25) is 0 Å². The van der Waals surface area contributed by atoms with Gasteiger partial charge in [0.2, 0.25) is 5.88 Å². The molecule has 5 nitrogen and oxygen atoms in total. The monoisotopic (exact) mass is 271 g/mol. The van der Waals surface area contributed by atoms with Crippen LogP contribution in [-0.4, -0.2) is 25.2 Å². The van der Waals surface area contributed by atoms with Gasteiger partial charge >= 0.3 is 0 Å². The predicted molar refractivity (Wildman–Crippen MR) is 78.2 cm³/mol. The lowest BCUT2D eigenvalue weighted by Gasteiger charge is -2.22. The maximum Gasteiger partial charge on any atom is 0.215 e. The number of anilines is 2. The third-order valence-electron chi connectivity index (χ3n) is 3.34. The van der Waals surface area contributed by atoms with Gasteiger partial charge in [-0.1, -0.05) is 18.2 Å². The van der Waals surface area contributed by atoms with Crippen LogP contribution in [0.25, 0.3) is 0 Å². The van der Waals surface area contributed by atoms with Crippen molar-refractivity contribution in [3.05, 3.63) is 42.0 Å². The molecule has 2 aromatic rings. The summed E-state index contributed by atoms with van der Waals surface area (Å²) in [5, 5.41) is 0. The summed E-state index contributed by atoms with van der Waals surface area (Å²) >= 11 is 0. The second kappa shape index (κ2) is 5.28. The van der Waals surface area contributed by atoms with Crippen LogP contribution in [0.3, 0.4) is 0 Å². The molecule has 0 unspecified atom stereocenters. The van der Waals surface area contributed by atoms with Crippen LogP contribution >= 0.6 is 0 Å². The summed E-state index contributed by atoms with van der Waals surface area (Å²) in [7, 11) is 1.60. The molecule has 0 atom stereocenters. The summed E-state index contributed by atoms with van der Waals surface area (Å²) in [6.07, 6.45) is 0. The third kappa shape index (κ3) is 2.34. The average Bonchev–Trinajstić information content (AvgIpc) is 2.70. The third-order valence-corrected chi connectivity index (χ3v) is 3.34. The molecule has 0 spiro atoms. The van der Waals surface area contributed by atoms with Crippen LogP contribution in [0.1, 0.15) is 5.56 Å². The fraction of sp³-hybridized carbons (Fsp3) is 0.267. The Morgan fingerprint density at radius 3 is 2.95 bits per heavy atom. The Kier molecular flexibility index (Phi) is 3.33. The maximum atomic E-state index is 6.05. The van der Waals surface area contributed by atoms with Crippen molar-refractivity contribution in [3.8, 4) is 11.6 Å². The quantitative estimate of drug-likeness (QED) is 0.906. The van der Waals surface area contributed by atoms with Crippen molar-refractivity contribution in [3.63, 3.8) is 0 Å². The van der Waals surface area contributed by atoms with E-state index in [1.165, 1.54) is 0 Å². The van der Waals surface area contributed by atoms with E-state index in [2.05, 4.69) is 16.0 Å². The second-order valence-electron chi connectivity index (χ2n) is 4.64. The molecule has 1 aromatic carbocycles. The number of hydrogen-bond donors (Lipinski definition) is 1. The molecule has 2 heterocycles. The van der Waals surface area contributed by atoms with Crippen molar-refractivity contribution in [1.82, 2.24) is 4.98 Å². The van der Waals surface area contributed by atoms with E-state index in [1.807, 2.05) is 24.3 Å². The summed E-state index contributed by atoms with van der Waals surface area (Å²) < 4.78 is 10.9. The highest BCUT2D eigenvalue weighted by atomic mass is 16.5. The molecular weight excluding hydrogens is 254 g/mol. The molecule has 0 saturated heterocycles. The lowest BCUT2D eigenvalue weighted by atomic mass is 10.2. The molecule has 0 saturated carbocycles. The first-order valence-corrected chi connectivity index (χ1v) is 6.54. The normalized spacial score (nSPS) is 14.2. The largest absolute Gasteiger partial charge is 0.491 e. The van der Waals surface area contributed by atoms with Gasteiger partial charge in [-0.15, -0.1) is 0 Å². The Bertz CT molecular complexity index is 616. The predicted octanol–water partition coefficient (Wildman–Crippen LogP) is 2.07. The molecule has 1 aliphatic rings. The van der Waals surface area contributed by atoms with Crippen LogP contribution in [0.2, 0.25) is 0 Å². The number of benzene rings is 1. The first-order valence-electron chi connectivity index (χ1n) is 6.54. The van der Waals surface area contributed by atoms with Gasteiger partial charge in [0.1, 0.15) is 12.4 Å². The van der Waals surface area contributed by atoms with E-state index in [1.54, 1.807) is 13.2 Å². The van der Waals surface area contributed by atoms with E-state index in [4.69, 9.17) is 15.2 Å². The minimum Gasteiger partial charge on any atom is -0.491 e. The Hall–Kier alpha value is -2.43. The molecule has 0 amide bonds. The number of nitrogens with zero attached hydrogens (tertiary/aromatic N) is 2. The highest BCUT2D eigenvalue weighted by Crippen LogP contribution is 2.29. The van der Waals surface area contributed by atoms with Gasteiger partial charge < -0.3 is 20.1 Å². The molecular formula is C15H17N3O2. The van der Waals surface area contributed by atoms with E-state index in [9.17, 15) is 0 Å². The topological polar surface area (TPSA) is 60.6 Å². The lowest BCUT2D eigenvalue weighted by Crippen LogP contribution is -2.27. The van der Waals surface area contributed by atoms with Crippen molar-refractivity contribution < 1.29 is 9.47 Å². The summed E-state index contributed by atoms with van der Waals surface area (Å²) in [6, 6.07) is 11.6. The van der Waals surface area contributed by atoms with Gasteiger partial charge in [0.15, 0.2) is 5.82 Å². The number of aromatic nitrogens is 1. The zero-order valence-corrected chi connectivity index (χ0v) is 11.4. The van der Waals surface area contributed by atoms with Gasteiger partial charge in [0.25, 0.3) is 0 Å². The van der Waals surface area contributed by atoms with Crippen LogP contribution in [0.5, 0.6) is 11.6 Å². The van der Waals surface area contributed by atoms with Crippen molar-refractivity contribution in [2.24, 2.45) is 0 Å². The molecule has 104 valence electrons. The fourth-order valence-corrected chi connectivity index (χ4v) is 2.32. The van der Waals surface area contributed by atoms with Crippen LogP contribution in [-0.2, 0) is 6.54 Å². The first kappa shape index (κ1) is 12.6. The standard InChI is InChI=1S/C15H17N3O2/c1-19-14-7-6-12(16)15(17-14)18-8-9-20-13-5-3-2-4-11(13)10-18/h2-7H,8-10,16H2,1H3. The van der Waals surface area contributed by atoms with E-state index in [0.29, 0.717) is 18.2 Å². The van der Waals surface area contributed by atoms with Crippen LogP contribution in [0, 0.1) is 0 Å². The maximum absolute atomic E-state index is 6.05. The number of nitrogen functional groups attached to an aromatic ring is 1. The van der Waals surface area contributed by atoms with Crippen LogP contribution in [0.15, 0.2) is 36.4 Å². The average molecular weight is 271 g/mol. The second-order valence-corrected chi connectivity index (χ2v) is 4.64. The summed E-state index contributed by atoms with van der Waals surface area (Å²) in [6.45, 7) is 2.06. The Labute approximate surface area is 117 Å². The highest BCUT2D eigenvalue weighted by Gasteiger charge is 2.18. The number of hydrogen-bond acceptors (Lipinski definition) is 5. The summed E-state index contributed by atoms with van der Waals surface area (Å²) in [4.78, 5) is 6.57. The van der Waals surface area contributed by atoms with Crippen LogP contribution in [0.4, 0.5) is 11.5 Å². The molecule has 0 fully saturated rings. The first-order chi connectivity index (χ1) is 9.78. The smallest absolute Gasteiger partial charge is 0.215 e. The van der Waals surface area contributed by atoms with Crippen molar-refractivity contribution >= 4 is 11.5 Å². The lowest BCUT2D eigenvalue weighted by molar-refractivity contribution is 0.331. The van der Waals surface area contributed by atoms with Gasteiger partial charge in [-0.25, -0.2) is 0 Å². The number of para-hydroxylation sites is 1. The van der Waals surface area contributed by atoms with Gasteiger partial charge in [-0.05, 0) is 12.1 Å². The molecule has 1 aliphatic heterocycles. The zero-order chi connectivity index (χ0) is 13.9. The van der Waals surface area contributed by atoms with Crippen molar-refractivity contribution in [2.45, 2.75) is 6.54 Å². The molecule has 2 N–H and O–H groups in total. The Morgan fingerprint density at radius 2 is 2.10 bits per heavy atom. The van der Waals surface area contributed by atoms with Gasteiger partial charge in [0, 0.05) is 18.2 Å². The van der Waals surface area contributed by atoms with E-state index in [-0.39, 0.29) is 0 Å². The summed E-state index contributed by atoms with van der Waals surface area (Å²) in [5.41, 5.74) is 7.82. The van der Waals surface area contributed by atoms with E-state index >= 15 is 0 Å². The minimum absolute atomic E-state index is 0.563.